The molecular weight excluding hydrogens is 402 g/mol. The number of fused-ring (bicyclic) bond motifs is 1. The molecule has 1 amide bonds. The number of piperidine rings is 1. The van der Waals surface area contributed by atoms with Crippen LogP contribution >= 0.6 is 22.7 Å². The van der Waals surface area contributed by atoms with E-state index >= 15 is 0 Å². The van der Waals surface area contributed by atoms with Gasteiger partial charge >= 0.3 is 0 Å². The van der Waals surface area contributed by atoms with E-state index in [4.69, 9.17) is 0 Å². The zero-order chi connectivity index (χ0) is 20.2. The van der Waals surface area contributed by atoms with Crippen LogP contribution in [0, 0.1) is 6.92 Å². The number of carbonyl (C=O) groups is 1. The molecule has 0 aliphatic carbocycles. The molecule has 1 aliphatic heterocycles. The van der Waals surface area contributed by atoms with Gasteiger partial charge in [0, 0.05) is 18.0 Å². The molecular formula is C21H27N5OS2. The average molecular weight is 430 g/mol. The van der Waals surface area contributed by atoms with Crippen LogP contribution in [0.15, 0.2) is 23.8 Å². The molecule has 4 rings (SSSR count). The average Bonchev–Trinajstić information content (AvgIpc) is 3.38. The van der Waals surface area contributed by atoms with Crippen LogP contribution in [0.1, 0.15) is 52.3 Å². The van der Waals surface area contributed by atoms with E-state index in [9.17, 15) is 4.79 Å². The minimum absolute atomic E-state index is 0.0141. The third kappa shape index (κ3) is 4.60. The number of aromatic nitrogens is 2. The van der Waals surface area contributed by atoms with Crippen LogP contribution in [0.25, 0.3) is 10.2 Å². The van der Waals surface area contributed by atoms with Crippen LogP contribution in [0.5, 0.6) is 0 Å². The van der Waals surface area contributed by atoms with Crippen molar-refractivity contribution in [3.05, 3.63) is 39.2 Å². The number of aryl methyl sites for hydroxylation is 1. The van der Waals surface area contributed by atoms with Crippen molar-refractivity contribution < 1.29 is 4.79 Å². The molecule has 1 unspecified atom stereocenters. The molecule has 3 aromatic rings. The first kappa shape index (κ1) is 20.3. The van der Waals surface area contributed by atoms with Crippen LogP contribution in [-0.4, -0.2) is 47.0 Å². The Morgan fingerprint density at radius 3 is 2.86 bits per heavy atom. The van der Waals surface area contributed by atoms with Crippen molar-refractivity contribution in [3.8, 4) is 0 Å². The number of likely N-dealkylation sites (tertiary alicyclic amines) is 1. The molecule has 0 aromatic carbocycles. The van der Waals surface area contributed by atoms with E-state index in [-0.39, 0.29) is 11.9 Å². The molecule has 0 bridgehead atoms. The lowest BCUT2D eigenvalue weighted by atomic mass is 10.1. The second-order valence-corrected chi connectivity index (χ2v) is 9.48. The first-order valence-corrected chi connectivity index (χ1v) is 11.9. The Kier molecular flexibility index (Phi) is 6.42. The summed E-state index contributed by atoms with van der Waals surface area (Å²) in [6.45, 7) is 7.99. The number of nitrogens with one attached hydrogen (secondary N) is 2. The molecule has 3 aromatic heterocycles. The molecule has 1 atom stereocenters. The van der Waals surface area contributed by atoms with Crippen molar-refractivity contribution in [1.82, 2.24) is 20.2 Å². The highest BCUT2D eigenvalue weighted by Crippen LogP contribution is 2.35. The molecule has 154 valence electrons. The Hall–Kier alpha value is -2.03. The minimum atomic E-state index is -0.0141. The van der Waals surface area contributed by atoms with Gasteiger partial charge < -0.3 is 15.5 Å². The third-order valence-corrected chi connectivity index (χ3v) is 7.67. The highest BCUT2D eigenvalue weighted by Gasteiger charge is 2.20. The number of rotatable bonds is 7. The molecule has 2 N–H and O–H groups in total. The van der Waals surface area contributed by atoms with Crippen molar-refractivity contribution in [1.29, 1.82) is 0 Å². The fourth-order valence-corrected chi connectivity index (χ4v) is 5.60. The van der Waals surface area contributed by atoms with E-state index in [0.717, 1.165) is 46.1 Å². The number of hydrogen-bond donors (Lipinski definition) is 2. The molecule has 6 nitrogen and oxygen atoms in total. The summed E-state index contributed by atoms with van der Waals surface area (Å²) in [5.74, 6) is 0.775. The normalized spacial score (nSPS) is 16.1. The van der Waals surface area contributed by atoms with Crippen LogP contribution in [0.2, 0.25) is 0 Å². The fraction of sp³-hybridized carbons (Fsp3) is 0.476. The van der Waals surface area contributed by atoms with Gasteiger partial charge in [0.1, 0.15) is 17.0 Å². The fourth-order valence-electron chi connectivity index (χ4n) is 3.80. The number of anilines is 1. The molecule has 8 heteroatoms. The highest BCUT2D eigenvalue weighted by atomic mass is 32.1. The van der Waals surface area contributed by atoms with Crippen molar-refractivity contribution in [2.24, 2.45) is 0 Å². The van der Waals surface area contributed by atoms with E-state index in [1.165, 1.54) is 35.5 Å². The molecule has 29 heavy (non-hydrogen) atoms. The molecule has 1 saturated heterocycles. The third-order valence-electron chi connectivity index (χ3n) is 5.42. The Labute approximate surface area is 179 Å². The Bertz CT molecular complexity index is 963. The lowest BCUT2D eigenvalue weighted by molar-refractivity contribution is 0.0950. The van der Waals surface area contributed by atoms with E-state index in [1.54, 1.807) is 17.7 Å². The zero-order valence-corrected chi connectivity index (χ0v) is 18.5. The minimum Gasteiger partial charge on any atom is -0.362 e. The Balaban J connectivity index is 1.47. The lowest BCUT2D eigenvalue weighted by Crippen LogP contribution is -2.37. The smallest absolute Gasteiger partial charge is 0.261 e. The number of carbonyl (C=O) groups excluding carboxylic acids is 1. The summed E-state index contributed by atoms with van der Waals surface area (Å²) < 4.78 is 0. The van der Waals surface area contributed by atoms with Gasteiger partial charge in [-0.3, -0.25) is 4.79 Å². The van der Waals surface area contributed by atoms with Gasteiger partial charge in [-0.2, -0.15) is 0 Å². The van der Waals surface area contributed by atoms with Crippen LogP contribution in [-0.2, 0) is 0 Å². The first-order valence-electron chi connectivity index (χ1n) is 10.2. The predicted molar refractivity (Wildman–Crippen MR) is 121 cm³/mol. The maximum Gasteiger partial charge on any atom is 0.261 e. The van der Waals surface area contributed by atoms with Crippen molar-refractivity contribution in [2.75, 3.05) is 31.5 Å². The standard InChI is InChI=1S/C21H27N5OS2/c1-14-17-19(25-15(2)16-7-6-12-28-16)23-13-24-21(17)29-18(14)20(27)22-8-11-26-9-4-3-5-10-26/h6-7,12-13,15H,3-5,8-11H2,1-2H3,(H,22,27)(H,23,24,25). The van der Waals surface area contributed by atoms with E-state index in [0.29, 0.717) is 6.54 Å². The number of nitrogens with zero attached hydrogens (tertiary/aromatic N) is 3. The maximum absolute atomic E-state index is 12.8. The Morgan fingerprint density at radius 2 is 2.10 bits per heavy atom. The quantitative estimate of drug-likeness (QED) is 0.581. The summed E-state index contributed by atoms with van der Waals surface area (Å²) in [6.07, 6.45) is 5.43. The lowest BCUT2D eigenvalue weighted by Gasteiger charge is -2.26. The summed E-state index contributed by atoms with van der Waals surface area (Å²) in [5.41, 5.74) is 0.946. The summed E-state index contributed by atoms with van der Waals surface area (Å²) in [4.78, 5) is 26.9. The molecule has 1 fully saturated rings. The largest absolute Gasteiger partial charge is 0.362 e. The van der Waals surface area contributed by atoms with Gasteiger partial charge in [0.15, 0.2) is 0 Å². The van der Waals surface area contributed by atoms with Gasteiger partial charge in [-0.05, 0) is 56.8 Å². The number of amides is 1. The van der Waals surface area contributed by atoms with Gasteiger partial charge in [0.25, 0.3) is 5.91 Å². The second kappa shape index (κ2) is 9.19. The van der Waals surface area contributed by atoms with E-state index in [1.807, 2.05) is 6.92 Å². The summed E-state index contributed by atoms with van der Waals surface area (Å²) in [5, 5.41) is 9.61. The van der Waals surface area contributed by atoms with Crippen molar-refractivity contribution >= 4 is 44.6 Å². The SMILES string of the molecule is Cc1c(C(=O)NCCN2CCCCC2)sc2ncnc(NC(C)c3cccs3)c12. The van der Waals surface area contributed by atoms with Crippen LogP contribution in [0.3, 0.4) is 0 Å². The monoisotopic (exact) mass is 429 g/mol. The highest BCUT2D eigenvalue weighted by molar-refractivity contribution is 7.20. The first-order chi connectivity index (χ1) is 14.1. The number of hydrogen-bond acceptors (Lipinski definition) is 7. The zero-order valence-electron chi connectivity index (χ0n) is 16.9. The molecule has 0 spiro atoms. The summed E-state index contributed by atoms with van der Waals surface area (Å²) in [6, 6.07) is 4.31. The topological polar surface area (TPSA) is 70.2 Å². The van der Waals surface area contributed by atoms with Gasteiger partial charge in [0.05, 0.1) is 16.3 Å². The predicted octanol–water partition coefficient (Wildman–Crippen LogP) is 4.45. The van der Waals surface area contributed by atoms with E-state index < -0.39 is 0 Å². The molecule has 4 heterocycles. The number of thiophene rings is 2. The summed E-state index contributed by atoms with van der Waals surface area (Å²) in [7, 11) is 0. The maximum atomic E-state index is 12.8. The van der Waals surface area contributed by atoms with Gasteiger partial charge in [-0.1, -0.05) is 12.5 Å². The molecule has 0 radical (unpaired) electrons. The van der Waals surface area contributed by atoms with E-state index in [2.05, 4.69) is 49.9 Å². The van der Waals surface area contributed by atoms with Crippen molar-refractivity contribution in [2.45, 2.75) is 39.2 Å². The molecule has 1 aliphatic rings. The molecule has 0 saturated carbocycles. The van der Waals surface area contributed by atoms with Crippen molar-refractivity contribution in [3.63, 3.8) is 0 Å². The van der Waals surface area contributed by atoms with Gasteiger partial charge in [-0.15, -0.1) is 22.7 Å². The summed E-state index contributed by atoms with van der Waals surface area (Å²) >= 11 is 3.16. The van der Waals surface area contributed by atoms with Gasteiger partial charge in [0.2, 0.25) is 0 Å². The second-order valence-electron chi connectivity index (χ2n) is 7.50. The van der Waals surface area contributed by atoms with Crippen LogP contribution in [0.4, 0.5) is 5.82 Å². The van der Waals surface area contributed by atoms with Crippen LogP contribution < -0.4 is 10.6 Å². The van der Waals surface area contributed by atoms with Gasteiger partial charge in [-0.25, -0.2) is 9.97 Å². The Morgan fingerprint density at radius 1 is 1.28 bits per heavy atom.